The Morgan fingerprint density at radius 2 is 1.50 bits per heavy atom. The Hall–Kier alpha value is 0.310. The number of nitrogens with one attached hydrogen (secondary N) is 1. The van der Waals surface area contributed by atoms with Gasteiger partial charge in [-0.25, -0.2) is 0 Å². The van der Waals surface area contributed by atoms with Crippen LogP contribution in [0.5, 0.6) is 0 Å². The van der Waals surface area contributed by atoms with Crippen LogP contribution in [-0.4, -0.2) is 23.6 Å². The van der Waals surface area contributed by atoms with Gasteiger partial charge in [0, 0.05) is 17.3 Å². The van der Waals surface area contributed by atoms with Gasteiger partial charge in [0.2, 0.25) is 0 Å². The highest BCUT2D eigenvalue weighted by molar-refractivity contribution is 7.99. The van der Waals surface area contributed by atoms with E-state index >= 15 is 0 Å². The molecule has 3 saturated carbocycles. The summed E-state index contributed by atoms with van der Waals surface area (Å²) in [5, 5.41) is 4.94. The highest BCUT2D eigenvalue weighted by Gasteiger charge is 2.34. The average Bonchev–Trinajstić information content (AvgIpc) is 2.86. The molecule has 3 fully saturated rings. The zero-order chi connectivity index (χ0) is 12.4. The lowest BCUT2D eigenvalue weighted by atomic mass is 9.69. The fourth-order valence-electron chi connectivity index (χ4n) is 4.66. The SMILES string of the molecule is CSC1CCC(NC2CCC3CCCCC3C2)C1. The third-order valence-corrected chi connectivity index (χ3v) is 6.82. The molecule has 3 aliphatic rings. The molecular formula is C16H29NS. The van der Waals surface area contributed by atoms with Crippen molar-refractivity contribution >= 4 is 11.8 Å². The fourth-order valence-corrected chi connectivity index (χ4v) is 5.46. The predicted molar refractivity (Wildman–Crippen MR) is 81.2 cm³/mol. The summed E-state index contributed by atoms with van der Waals surface area (Å²) >= 11 is 2.08. The van der Waals surface area contributed by atoms with Crippen LogP contribution in [0.15, 0.2) is 0 Å². The van der Waals surface area contributed by atoms with E-state index in [1.165, 1.54) is 64.2 Å². The highest BCUT2D eigenvalue weighted by Crippen LogP contribution is 2.41. The summed E-state index contributed by atoms with van der Waals surface area (Å²) in [6.45, 7) is 0. The van der Waals surface area contributed by atoms with Crippen molar-refractivity contribution in [2.75, 3.05) is 6.26 Å². The number of hydrogen-bond acceptors (Lipinski definition) is 2. The van der Waals surface area contributed by atoms with E-state index in [2.05, 4.69) is 23.3 Å². The number of fused-ring (bicyclic) bond motifs is 1. The van der Waals surface area contributed by atoms with Crippen LogP contribution in [0.4, 0.5) is 0 Å². The van der Waals surface area contributed by atoms with E-state index in [4.69, 9.17) is 0 Å². The average molecular weight is 267 g/mol. The first kappa shape index (κ1) is 13.3. The maximum absolute atomic E-state index is 4.00. The Bertz CT molecular complexity index is 268. The molecule has 0 aliphatic heterocycles. The van der Waals surface area contributed by atoms with Gasteiger partial charge in [-0.3, -0.25) is 0 Å². The second-order valence-corrected chi connectivity index (χ2v) is 7.99. The van der Waals surface area contributed by atoms with Gasteiger partial charge >= 0.3 is 0 Å². The van der Waals surface area contributed by atoms with Gasteiger partial charge in [0.25, 0.3) is 0 Å². The maximum Gasteiger partial charge on any atom is 0.00805 e. The Kier molecular flexibility index (Phi) is 4.56. The largest absolute Gasteiger partial charge is 0.311 e. The van der Waals surface area contributed by atoms with Crippen LogP contribution in [0.1, 0.15) is 64.2 Å². The van der Waals surface area contributed by atoms with Crippen molar-refractivity contribution in [3.05, 3.63) is 0 Å². The molecule has 5 unspecified atom stereocenters. The summed E-state index contributed by atoms with van der Waals surface area (Å²) in [5.74, 6) is 2.17. The fraction of sp³-hybridized carbons (Fsp3) is 1.00. The number of rotatable bonds is 3. The molecule has 0 radical (unpaired) electrons. The second kappa shape index (κ2) is 6.17. The summed E-state index contributed by atoms with van der Waals surface area (Å²) in [4.78, 5) is 0. The molecule has 0 bridgehead atoms. The molecule has 18 heavy (non-hydrogen) atoms. The highest BCUT2D eigenvalue weighted by atomic mass is 32.2. The van der Waals surface area contributed by atoms with E-state index in [9.17, 15) is 0 Å². The van der Waals surface area contributed by atoms with Crippen LogP contribution in [0.25, 0.3) is 0 Å². The third-order valence-electron chi connectivity index (χ3n) is 5.73. The Morgan fingerprint density at radius 1 is 0.778 bits per heavy atom. The van der Waals surface area contributed by atoms with E-state index in [0.717, 1.165) is 29.2 Å². The van der Waals surface area contributed by atoms with Crippen LogP contribution >= 0.6 is 11.8 Å². The van der Waals surface area contributed by atoms with Crippen molar-refractivity contribution in [1.29, 1.82) is 0 Å². The van der Waals surface area contributed by atoms with Gasteiger partial charge in [0.15, 0.2) is 0 Å². The summed E-state index contributed by atoms with van der Waals surface area (Å²) < 4.78 is 0. The van der Waals surface area contributed by atoms with Crippen molar-refractivity contribution in [2.45, 2.75) is 81.5 Å². The zero-order valence-electron chi connectivity index (χ0n) is 11.9. The van der Waals surface area contributed by atoms with Crippen molar-refractivity contribution in [3.8, 4) is 0 Å². The van der Waals surface area contributed by atoms with Gasteiger partial charge < -0.3 is 5.32 Å². The van der Waals surface area contributed by atoms with Crippen LogP contribution in [0.3, 0.4) is 0 Å². The van der Waals surface area contributed by atoms with E-state index in [-0.39, 0.29) is 0 Å². The Morgan fingerprint density at radius 3 is 2.28 bits per heavy atom. The first-order chi connectivity index (χ1) is 8.85. The topological polar surface area (TPSA) is 12.0 Å². The number of hydrogen-bond donors (Lipinski definition) is 1. The second-order valence-electron chi connectivity index (χ2n) is 6.85. The standard InChI is InChI=1S/C16H29NS/c1-18-16-9-8-15(11-16)17-14-7-6-12-4-2-3-5-13(12)10-14/h12-17H,2-11H2,1H3. The minimum Gasteiger partial charge on any atom is -0.311 e. The van der Waals surface area contributed by atoms with Crippen molar-refractivity contribution in [1.82, 2.24) is 5.32 Å². The van der Waals surface area contributed by atoms with Crippen molar-refractivity contribution < 1.29 is 0 Å². The molecule has 0 saturated heterocycles. The summed E-state index contributed by atoms with van der Waals surface area (Å²) in [5.41, 5.74) is 0. The zero-order valence-corrected chi connectivity index (χ0v) is 12.7. The van der Waals surface area contributed by atoms with Gasteiger partial charge in [-0.2, -0.15) is 11.8 Å². The normalized spacial score (nSPS) is 44.8. The molecule has 1 N–H and O–H groups in total. The predicted octanol–water partition coefficient (Wildman–Crippen LogP) is 4.22. The number of thioether (sulfide) groups is 1. The van der Waals surface area contributed by atoms with E-state index < -0.39 is 0 Å². The smallest absolute Gasteiger partial charge is 0.00805 e. The molecule has 3 aliphatic carbocycles. The van der Waals surface area contributed by atoms with Gasteiger partial charge in [-0.1, -0.05) is 25.7 Å². The van der Waals surface area contributed by atoms with Crippen LogP contribution in [-0.2, 0) is 0 Å². The molecule has 2 heteroatoms. The Labute approximate surface area is 117 Å². The molecule has 0 aromatic rings. The molecule has 3 rings (SSSR count). The van der Waals surface area contributed by atoms with Crippen LogP contribution < -0.4 is 5.32 Å². The van der Waals surface area contributed by atoms with Gasteiger partial charge in [0.1, 0.15) is 0 Å². The molecular weight excluding hydrogens is 238 g/mol. The minimum atomic E-state index is 0.840. The molecule has 0 amide bonds. The van der Waals surface area contributed by atoms with E-state index in [1.54, 1.807) is 0 Å². The molecule has 0 aromatic carbocycles. The first-order valence-electron chi connectivity index (χ1n) is 8.14. The van der Waals surface area contributed by atoms with Gasteiger partial charge in [-0.15, -0.1) is 0 Å². The lowest BCUT2D eigenvalue weighted by molar-refractivity contribution is 0.138. The minimum absolute atomic E-state index is 0.840. The van der Waals surface area contributed by atoms with Crippen LogP contribution in [0.2, 0.25) is 0 Å². The first-order valence-corrected chi connectivity index (χ1v) is 9.43. The molecule has 0 aromatic heterocycles. The quantitative estimate of drug-likeness (QED) is 0.821. The van der Waals surface area contributed by atoms with E-state index in [0.29, 0.717) is 0 Å². The Balaban J connectivity index is 1.46. The van der Waals surface area contributed by atoms with E-state index in [1.807, 2.05) is 0 Å². The summed E-state index contributed by atoms with van der Waals surface area (Å²) in [6, 6.07) is 1.70. The van der Waals surface area contributed by atoms with Crippen LogP contribution in [0, 0.1) is 11.8 Å². The monoisotopic (exact) mass is 267 g/mol. The molecule has 0 spiro atoms. The molecule has 104 valence electrons. The maximum atomic E-state index is 4.00. The van der Waals surface area contributed by atoms with Gasteiger partial charge in [0.05, 0.1) is 0 Å². The summed E-state index contributed by atoms with van der Waals surface area (Å²) in [7, 11) is 0. The molecule has 0 heterocycles. The van der Waals surface area contributed by atoms with Crippen molar-refractivity contribution in [2.24, 2.45) is 11.8 Å². The third kappa shape index (κ3) is 3.07. The lowest BCUT2D eigenvalue weighted by Gasteiger charge is -2.40. The molecule has 1 nitrogen and oxygen atoms in total. The molecule has 5 atom stereocenters. The van der Waals surface area contributed by atoms with Crippen molar-refractivity contribution in [3.63, 3.8) is 0 Å². The summed E-state index contributed by atoms with van der Waals surface area (Å²) in [6.07, 6.45) is 17.1. The van der Waals surface area contributed by atoms with Gasteiger partial charge in [-0.05, 0) is 56.6 Å². The lowest BCUT2D eigenvalue weighted by Crippen LogP contribution is -2.43.